The lowest BCUT2D eigenvalue weighted by molar-refractivity contribution is 0.0927. The molecule has 0 unspecified atom stereocenters. The van der Waals surface area contributed by atoms with Gasteiger partial charge in [0.1, 0.15) is 6.33 Å². The average Bonchev–Trinajstić information content (AvgIpc) is 2.87. The molecular formula is C13H16N4O. The number of aromatic nitrogens is 3. The van der Waals surface area contributed by atoms with Crippen LogP contribution in [0.25, 0.3) is 5.65 Å². The summed E-state index contributed by atoms with van der Waals surface area (Å²) in [5.74, 6) is -0.0145. The van der Waals surface area contributed by atoms with Crippen molar-refractivity contribution in [3.8, 4) is 0 Å². The van der Waals surface area contributed by atoms with Crippen molar-refractivity contribution in [1.82, 2.24) is 19.9 Å². The second kappa shape index (κ2) is 4.76. The summed E-state index contributed by atoms with van der Waals surface area (Å²) in [4.78, 5) is 16.2. The molecule has 0 aromatic carbocycles. The van der Waals surface area contributed by atoms with Crippen LogP contribution in [-0.2, 0) is 0 Å². The van der Waals surface area contributed by atoms with Gasteiger partial charge in [-0.1, -0.05) is 19.3 Å². The summed E-state index contributed by atoms with van der Waals surface area (Å²) in [6, 6.07) is 3.93. The molecule has 0 spiro atoms. The van der Waals surface area contributed by atoms with E-state index >= 15 is 0 Å². The molecule has 0 bridgehead atoms. The highest BCUT2D eigenvalue weighted by molar-refractivity contribution is 5.94. The van der Waals surface area contributed by atoms with Crippen LogP contribution in [-0.4, -0.2) is 26.5 Å². The van der Waals surface area contributed by atoms with Gasteiger partial charge in [-0.15, -0.1) is 0 Å². The van der Waals surface area contributed by atoms with Gasteiger partial charge >= 0.3 is 0 Å². The van der Waals surface area contributed by atoms with Gasteiger partial charge in [-0.05, 0) is 25.0 Å². The van der Waals surface area contributed by atoms with Crippen LogP contribution in [0.1, 0.15) is 42.5 Å². The van der Waals surface area contributed by atoms with Gasteiger partial charge in [-0.25, -0.2) is 9.50 Å². The Morgan fingerprint density at radius 2 is 2.11 bits per heavy atom. The molecule has 18 heavy (non-hydrogen) atoms. The number of nitrogens with one attached hydrogen (secondary N) is 1. The molecule has 1 N–H and O–H groups in total. The maximum Gasteiger partial charge on any atom is 0.253 e. The van der Waals surface area contributed by atoms with E-state index < -0.39 is 0 Å². The first-order valence-electron chi connectivity index (χ1n) is 6.43. The third-order valence-electron chi connectivity index (χ3n) is 3.48. The Labute approximate surface area is 105 Å². The van der Waals surface area contributed by atoms with Crippen LogP contribution in [0.15, 0.2) is 24.7 Å². The van der Waals surface area contributed by atoms with Crippen LogP contribution < -0.4 is 5.32 Å². The second-order valence-electron chi connectivity index (χ2n) is 4.79. The lowest BCUT2D eigenvalue weighted by Gasteiger charge is -2.22. The largest absolute Gasteiger partial charge is 0.349 e. The lowest BCUT2D eigenvalue weighted by atomic mass is 9.95. The number of carbonyl (C=O) groups is 1. The van der Waals surface area contributed by atoms with Crippen LogP contribution in [0, 0.1) is 0 Å². The van der Waals surface area contributed by atoms with Gasteiger partial charge in [0, 0.05) is 12.2 Å². The first-order chi connectivity index (χ1) is 8.83. The molecule has 0 atom stereocenters. The van der Waals surface area contributed by atoms with Crippen LogP contribution in [0.3, 0.4) is 0 Å². The van der Waals surface area contributed by atoms with Crippen LogP contribution in [0.2, 0.25) is 0 Å². The summed E-state index contributed by atoms with van der Waals surface area (Å²) in [5, 5.41) is 7.13. The van der Waals surface area contributed by atoms with Gasteiger partial charge in [-0.2, -0.15) is 5.10 Å². The van der Waals surface area contributed by atoms with Crippen molar-refractivity contribution in [2.24, 2.45) is 0 Å². The highest BCUT2D eigenvalue weighted by Gasteiger charge is 2.16. The quantitative estimate of drug-likeness (QED) is 0.876. The Hall–Kier alpha value is -1.91. The highest BCUT2D eigenvalue weighted by atomic mass is 16.1. The zero-order valence-electron chi connectivity index (χ0n) is 10.2. The van der Waals surface area contributed by atoms with Crippen molar-refractivity contribution in [2.75, 3.05) is 0 Å². The normalized spacial score (nSPS) is 16.9. The van der Waals surface area contributed by atoms with Gasteiger partial charge in [0.15, 0.2) is 5.65 Å². The molecule has 0 radical (unpaired) electrons. The average molecular weight is 244 g/mol. The van der Waals surface area contributed by atoms with E-state index in [9.17, 15) is 4.79 Å². The monoisotopic (exact) mass is 244 g/mol. The van der Waals surface area contributed by atoms with E-state index in [1.54, 1.807) is 16.8 Å². The molecule has 0 saturated heterocycles. The molecule has 94 valence electrons. The van der Waals surface area contributed by atoms with Crippen molar-refractivity contribution < 1.29 is 4.79 Å². The molecule has 5 heteroatoms. The van der Waals surface area contributed by atoms with E-state index in [1.807, 2.05) is 6.07 Å². The predicted molar refractivity (Wildman–Crippen MR) is 67.3 cm³/mol. The molecule has 1 fully saturated rings. The number of hydrogen-bond donors (Lipinski definition) is 1. The number of fused-ring (bicyclic) bond motifs is 1. The predicted octanol–water partition coefficient (Wildman–Crippen LogP) is 1.79. The molecule has 2 heterocycles. The van der Waals surface area contributed by atoms with E-state index in [0.717, 1.165) is 18.5 Å². The standard InChI is InChI=1S/C13H16N4O/c18-13(16-11-4-2-1-3-5-11)10-6-7-12-14-9-15-17(12)8-10/h6-9,11H,1-5H2,(H,16,18). The minimum absolute atomic E-state index is 0.0145. The number of hydrogen-bond acceptors (Lipinski definition) is 3. The summed E-state index contributed by atoms with van der Waals surface area (Å²) in [6.45, 7) is 0. The fraction of sp³-hybridized carbons (Fsp3) is 0.462. The zero-order valence-corrected chi connectivity index (χ0v) is 10.2. The summed E-state index contributed by atoms with van der Waals surface area (Å²) in [5.41, 5.74) is 1.39. The van der Waals surface area contributed by atoms with Crippen molar-refractivity contribution in [3.05, 3.63) is 30.2 Å². The molecule has 1 saturated carbocycles. The second-order valence-corrected chi connectivity index (χ2v) is 4.79. The summed E-state index contributed by atoms with van der Waals surface area (Å²) < 4.78 is 1.62. The Morgan fingerprint density at radius 3 is 2.94 bits per heavy atom. The van der Waals surface area contributed by atoms with Crippen LogP contribution >= 0.6 is 0 Å². The third-order valence-corrected chi connectivity index (χ3v) is 3.48. The van der Waals surface area contributed by atoms with Gasteiger partial charge < -0.3 is 5.32 Å². The van der Waals surface area contributed by atoms with E-state index in [0.29, 0.717) is 11.6 Å². The smallest absolute Gasteiger partial charge is 0.253 e. The third kappa shape index (κ3) is 2.20. The summed E-state index contributed by atoms with van der Waals surface area (Å²) in [6.07, 6.45) is 9.12. The Kier molecular flexibility index (Phi) is 2.96. The molecule has 2 aromatic heterocycles. The Balaban J connectivity index is 1.74. The SMILES string of the molecule is O=C(NC1CCCCC1)c1ccc2ncnn2c1. The molecule has 5 nitrogen and oxygen atoms in total. The molecular weight excluding hydrogens is 228 g/mol. The minimum atomic E-state index is -0.0145. The minimum Gasteiger partial charge on any atom is -0.349 e. The van der Waals surface area contributed by atoms with E-state index in [1.165, 1.54) is 25.6 Å². The molecule has 3 rings (SSSR count). The zero-order chi connectivity index (χ0) is 12.4. The fourth-order valence-corrected chi connectivity index (χ4v) is 2.47. The topological polar surface area (TPSA) is 59.3 Å². The van der Waals surface area contributed by atoms with Crippen molar-refractivity contribution in [1.29, 1.82) is 0 Å². The molecule has 1 amide bonds. The Bertz CT molecular complexity index is 557. The molecule has 1 aliphatic rings. The van der Waals surface area contributed by atoms with Gasteiger partial charge in [0.2, 0.25) is 0 Å². The van der Waals surface area contributed by atoms with Crippen LogP contribution in [0.5, 0.6) is 0 Å². The molecule has 0 aliphatic heterocycles. The first kappa shape index (κ1) is 11.2. The van der Waals surface area contributed by atoms with E-state index in [-0.39, 0.29) is 5.91 Å². The van der Waals surface area contributed by atoms with Gasteiger partial charge in [-0.3, -0.25) is 4.79 Å². The summed E-state index contributed by atoms with van der Waals surface area (Å²) >= 11 is 0. The number of rotatable bonds is 2. The fourth-order valence-electron chi connectivity index (χ4n) is 2.47. The summed E-state index contributed by atoms with van der Waals surface area (Å²) in [7, 11) is 0. The van der Waals surface area contributed by atoms with Crippen molar-refractivity contribution >= 4 is 11.6 Å². The van der Waals surface area contributed by atoms with Crippen LogP contribution in [0.4, 0.5) is 0 Å². The first-order valence-corrected chi connectivity index (χ1v) is 6.43. The van der Waals surface area contributed by atoms with Gasteiger partial charge in [0.25, 0.3) is 5.91 Å². The van der Waals surface area contributed by atoms with E-state index in [2.05, 4.69) is 15.4 Å². The maximum atomic E-state index is 12.1. The number of pyridine rings is 1. The highest BCUT2D eigenvalue weighted by Crippen LogP contribution is 2.17. The van der Waals surface area contributed by atoms with Gasteiger partial charge in [0.05, 0.1) is 5.56 Å². The van der Waals surface area contributed by atoms with Crippen molar-refractivity contribution in [2.45, 2.75) is 38.1 Å². The number of carbonyl (C=O) groups excluding carboxylic acids is 1. The Morgan fingerprint density at radius 1 is 1.28 bits per heavy atom. The molecule has 2 aromatic rings. The number of amides is 1. The number of nitrogens with zero attached hydrogens (tertiary/aromatic N) is 3. The van der Waals surface area contributed by atoms with E-state index in [4.69, 9.17) is 0 Å². The lowest BCUT2D eigenvalue weighted by Crippen LogP contribution is -2.36. The maximum absolute atomic E-state index is 12.1. The van der Waals surface area contributed by atoms with Crippen molar-refractivity contribution in [3.63, 3.8) is 0 Å². The molecule has 1 aliphatic carbocycles.